The average Bonchev–Trinajstić information content (AvgIpc) is 3.35. The van der Waals surface area contributed by atoms with E-state index in [2.05, 4.69) is 0 Å². The molecule has 1 aliphatic rings. The monoisotopic (exact) mass is 419 g/mol. The standard InChI is InChI=1S/C25H22FNO4/c1-14-6-7-15(2)18(11-14)13-27-22(20-5-4-10-31-20)21(24(29)25(27)30)23(28)17-8-9-19(26)16(3)12-17/h4-12,22,28H,13H2,1-3H3/b23-21-. The van der Waals surface area contributed by atoms with Crippen LogP contribution in [0.2, 0.25) is 0 Å². The van der Waals surface area contributed by atoms with Crippen LogP contribution in [0, 0.1) is 26.6 Å². The summed E-state index contributed by atoms with van der Waals surface area (Å²) < 4.78 is 19.3. The van der Waals surface area contributed by atoms with E-state index in [1.807, 2.05) is 32.0 Å². The van der Waals surface area contributed by atoms with E-state index in [-0.39, 0.29) is 23.4 Å². The predicted octanol–water partition coefficient (Wildman–Crippen LogP) is 4.97. The highest BCUT2D eigenvalue weighted by Crippen LogP contribution is 2.40. The van der Waals surface area contributed by atoms with Crippen LogP contribution in [-0.4, -0.2) is 21.7 Å². The third kappa shape index (κ3) is 3.65. The third-order valence-corrected chi connectivity index (χ3v) is 5.63. The summed E-state index contributed by atoms with van der Waals surface area (Å²) in [6.45, 7) is 5.64. The summed E-state index contributed by atoms with van der Waals surface area (Å²) >= 11 is 0. The molecule has 31 heavy (non-hydrogen) atoms. The number of rotatable bonds is 4. The van der Waals surface area contributed by atoms with Gasteiger partial charge in [-0.2, -0.15) is 0 Å². The molecule has 0 spiro atoms. The summed E-state index contributed by atoms with van der Waals surface area (Å²) in [7, 11) is 0. The van der Waals surface area contributed by atoms with Crippen molar-refractivity contribution in [3.05, 3.63) is 99.8 Å². The van der Waals surface area contributed by atoms with Gasteiger partial charge in [0, 0.05) is 12.1 Å². The highest BCUT2D eigenvalue weighted by atomic mass is 19.1. The lowest BCUT2D eigenvalue weighted by atomic mass is 9.98. The van der Waals surface area contributed by atoms with Crippen molar-refractivity contribution in [1.29, 1.82) is 0 Å². The molecule has 0 aliphatic carbocycles. The van der Waals surface area contributed by atoms with E-state index in [0.29, 0.717) is 11.3 Å². The van der Waals surface area contributed by atoms with Gasteiger partial charge in [0.15, 0.2) is 0 Å². The third-order valence-electron chi connectivity index (χ3n) is 5.63. The number of carbonyl (C=O) groups excluding carboxylic acids is 2. The van der Waals surface area contributed by atoms with Crippen molar-refractivity contribution in [3.8, 4) is 0 Å². The Morgan fingerprint density at radius 3 is 2.52 bits per heavy atom. The van der Waals surface area contributed by atoms with Gasteiger partial charge >= 0.3 is 0 Å². The first-order valence-electron chi connectivity index (χ1n) is 9.92. The molecule has 2 heterocycles. The van der Waals surface area contributed by atoms with Gasteiger partial charge in [-0.3, -0.25) is 9.59 Å². The second-order valence-corrected chi connectivity index (χ2v) is 7.84. The fourth-order valence-corrected chi connectivity index (χ4v) is 3.89. The number of carbonyl (C=O) groups is 2. The molecule has 0 bridgehead atoms. The molecule has 0 saturated carbocycles. The average molecular weight is 419 g/mol. The maximum Gasteiger partial charge on any atom is 0.296 e. The van der Waals surface area contributed by atoms with E-state index in [1.165, 1.54) is 29.4 Å². The van der Waals surface area contributed by atoms with Crippen LogP contribution in [0.3, 0.4) is 0 Å². The second-order valence-electron chi connectivity index (χ2n) is 7.84. The van der Waals surface area contributed by atoms with Gasteiger partial charge in [-0.05, 0) is 67.8 Å². The number of hydrogen-bond acceptors (Lipinski definition) is 4. The number of amides is 1. The number of Topliss-reactive ketones (excluding diaryl/α,β-unsaturated/α-hetero) is 1. The van der Waals surface area contributed by atoms with Crippen molar-refractivity contribution >= 4 is 17.4 Å². The minimum Gasteiger partial charge on any atom is -0.507 e. The van der Waals surface area contributed by atoms with Crippen molar-refractivity contribution in [2.24, 2.45) is 0 Å². The van der Waals surface area contributed by atoms with E-state index in [0.717, 1.165) is 16.7 Å². The molecule has 158 valence electrons. The van der Waals surface area contributed by atoms with Crippen LogP contribution in [0.15, 0.2) is 64.8 Å². The maximum atomic E-state index is 13.7. The number of ketones is 1. The van der Waals surface area contributed by atoms with Gasteiger partial charge in [0.05, 0.1) is 11.8 Å². The first-order chi connectivity index (χ1) is 14.8. The van der Waals surface area contributed by atoms with E-state index in [4.69, 9.17) is 4.42 Å². The van der Waals surface area contributed by atoms with Crippen molar-refractivity contribution in [2.75, 3.05) is 0 Å². The molecule has 5 nitrogen and oxygen atoms in total. The lowest BCUT2D eigenvalue weighted by Gasteiger charge is -2.24. The van der Waals surface area contributed by atoms with Crippen molar-refractivity contribution in [2.45, 2.75) is 33.4 Å². The lowest BCUT2D eigenvalue weighted by molar-refractivity contribution is -0.140. The largest absolute Gasteiger partial charge is 0.507 e. The minimum atomic E-state index is -0.889. The Bertz CT molecular complexity index is 1210. The molecule has 1 aliphatic heterocycles. The van der Waals surface area contributed by atoms with Crippen LogP contribution in [0.1, 0.15) is 39.6 Å². The number of aliphatic hydroxyl groups excluding tert-OH is 1. The second kappa shape index (κ2) is 7.87. The molecule has 3 aromatic rings. The topological polar surface area (TPSA) is 70.8 Å². The quantitative estimate of drug-likeness (QED) is 0.368. The summed E-state index contributed by atoms with van der Waals surface area (Å²) in [6.07, 6.45) is 1.45. The van der Waals surface area contributed by atoms with E-state index >= 15 is 0 Å². The van der Waals surface area contributed by atoms with Crippen molar-refractivity contribution in [3.63, 3.8) is 0 Å². The first-order valence-corrected chi connectivity index (χ1v) is 9.92. The first kappa shape index (κ1) is 20.6. The smallest absolute Gasteiger partial charge is 0.296 e. The lowest BCUT2D eigenvalue weighted by Crippen LogP contribution is -2.29. The molecule has 6 heteroatoms. The molecule has 1 N–H and O–H groups in total. The summed E-state index contributed by atoms with van der Waals surface area (Å²) in [5, 5.41) is 11.0. The number of likely N-dealkylation sites (tertiary alicyclic amines) is 1. The highest BCUT2D eigenvalue weighted by molar-refractivity contribution is 6.46. The van der Waals surface area contributed by atoms with Gasteiger partial charge in [0.25, 0.3) is 11.7 Å². The summed E-state index contributed by atoms with van der Waals surface area (Å²) in [4.78, 5) is 27.4. The Kier molecular flexibility index (Phi) is 5.23. The van der Waals surface area contributed by atoms with E-state index < -0.39 is 23.5 Å². The van der Waals surface area contributed by atoms with Gasteiger partial charge in [-0.1, -0.05) is 23.8 Å². The number of furan rings is 1. The van der Waals surface area contributed by atoms with Gasteiger partial charge in [-0.25, -0.2) is 4.39 Å². The van der Waals surface area contributed by atoms with Crippen LogP contribution in [-0.2, 0) is 16.1 Å². The zero-order valence-electron chi connectivity index (χ0n) is 17.5. The zero-order valence-corrected chi connectivity index (χ0v) is 17.5. The maximum absolute atomic E-state index is 13.7. The van der Waals surface area contributed by atoms with Crippen LogP contribution in [0.4, 0.5) is 4.39 Å². The number of aryl methyl sites for hydroxylation is 3. The molecule has 1 saturated heterocycles. The van der Waals surface area contributed by atoms with Gasteiger partial charge in [-0.15, -0.1) is 0 Å². The Labute approximate surface area is 179 Å². The summed E-state index contributed by atoms with van der Waals surface area (Å²) in [5.74, 6) is -1.93. The Balaban J connectivity index is 1.85. The minimum absolute atomic E-state index is 0.0729. The number of aliphatic hydroxyl groups is 1. The fourth-order valence-electron chi connectivity index (χ4n) is 3.89. The van der Waals surface area contributed by atoms with E-state index in [9.17, 15) is 19.1 Å². The zero-order chi connectivity index (χ0) is 22.3. The van der Waals surface area contributed by atoms with Crippen LogP contribution in [0.5, 0.6) is 0 Å². The number of nitrogens with zero attached hydrogens (tertiary/aromatic N) is 1. The summed E-state index contributed by atoms with van der Waals surface area (Å²) in [6, 6.07) is 12.4. The molecule has 1 fully saturated rings. The molecule has 1 unspecified atom stereocenters. The molecule has 4 rings (SSSR count). The summed E-state index contributed by atoms with van der Waals surface area (Å²) in [5.41, 5.74) is 3.43. The predicted molar refractivity (Wildman–Crippen MR) is 114 cm³/mol. The molecule has 2 aromatic carbocycles. The molecule has 1 amide bonds. The Morgan fingerprint density at radius 2 is 1.84 bits per heavy atom. The number of halogens is 1. The molecule has 1 aromatic heterocycles. The Hall–Kier alpha value is -3.67. The highest BCUT2D eigenvalue weighted by Gasteiger charge is 2.47. The van der Waals surface area contributed by atoms with E-state index in [1.54, 1.807) is 19.1 Å². The SMILES string of the molecule is Cc1ccc(C)c(CN2C(=O)C(=O)/C(=C(\O)c3ccc(F)c(C)c3)C2c2ccco2)c1. The van der Waals surface area contributed by atoms with Crippen LogP contribution >= 0.6 is 0 Å². The molecule has 1 atom stereocenters. The Morgan fingerprint density at radius 1 is 1.06 bits per heavy atom. The van der Waals surface area contributed by atoms with Gasteiger partial charge in [0.2, 0.25) is 0 Å². The van der Waals surface area contributed by atoms with Crippen molar-refractivity contribution in [1.82, 2.24) is 4.90 Å². The molecule has 0 radical (unpaired) electrons. The van der Waals surface area contributed by atoms with Crippen LogP contribution < -0.4 is 0 Å². The molecular formula is C25H22FNO4. The van der Waals surface area contributed by atoms with Crippen molar-refractivity contribution < 1.29 is 23.5 Å². The van der Waals surface area contributed by atoms with Gasteiger partial charge in [0.1, 0.15) is 23.4 Å². The van der Waals surface area contributed by atoms with Gasteiger partial charge < -0.3 is 14.4 Å². The van der Waals surface area contributed by atoms with Crippen LogP contribution in [0.25, 0.3) is 5.76 Å². The number of hydrogen-bond donors (Lipinski definition) is 1. The normalized spacial score (nSPS) is 18.1. The fraction of sp³-hybridized carbons (Fsp3) is 0.200. The molecular weight excluding hydrogens is 397 g/mol. The number of benzene rings is 2.